The lowest BCUT2D eigenvalue weighted by atomic mass is 10.0. The van der Waals surface area contributed by atoms with Crippen LogP contribution in [0.2, 0.25) is 0 Å². The van der Waals surface area contributed by atoms with E-state index < -0.39 is 11.6 Å². The van der Waals surface area contributed by atoms with Gasteiger partial charge in [0.1, 0.15) is 11.6 Å². The van der Waals surface area contributed by atoms with Crippen molar-refractivity contribution in [3.8, 4) is 0 Å². The minimum absolute atomic E-state index is 0.139. The van der Waals surface area contributed by atoms with Crippen LogP contribution in [0.15, 0.2) is 18.2 Å². The van der Waals surface area contributed by atoms with Crippen molar-refractivity contribution in [3.63, 3.8) is 0 Å². The fourth-order valence-corrected chi connectivity index (χ4v) is 1.86. The van der Waals surface area contributed by atoms with Gasteiger partial charge in [-0.2, -0.15) is 0 Å². The molecule has 0 fully saturated rings. The first kappa shape index (κ1) is 15.6. The summed E-state index contributed by atoms with van der Waals surface area (Å²) in [5, 5.41) is 11.8. The highest BCUT2D eigenvalue weighted by molar-refractivity contribution is 5.78. The van der Waals surface area contributed by atoms with E-state index in [0.717, 1.165) is 12.1 Å². The Hall–Kier alpha value is -1.49. The Morgan fingerprint density at radius 2 is 2.05 bits per heavy atom. The number of aliphatic hydroxyl groups is 1. The van der Waals surface area contributed by atoms with Crippen LogP contribution in [0.3, 0.4) is 0 Å². The molecule has 0 saturated heterocycles. The third kappa shape index (κ3) is 5.34. The summed E-state index contributed by atoms with van der Waals surface area (Å²) >= 11 is 0. The van der Waals surface area contributed by atoms with Crippen molar-refractivity contribution in [1.29, 1.82) is 0 Å². The van der Waals surface area contributed by atoms with Crippen LogP contribution in [0.5, 0.6) is 0 Å². The molecular weight excluding hydrogens is 252 g/mol. The molecule has 1 aromatic carbocycles. The summed E-state index contributed by atoms with van der Waals surface area (Å²) < 4.78 is 26.1. The summed E-state index contributed by atoms with van der Waals surface area (Å²) in [5.41, 5.74) is 0.139. The molecule has 0 heterocycles. The highest BCUT2D eigenvalue weighted by atomic mass is 19.1. The van der Waals surface area contributed by atoms with Crippen LogP contribution in [-0.4, -0.2) is 23.7 Å². The van der Waals surface area contributed by atoms with Crippen molar-refractivity contribution in [2.24, 2.45) is 5.92 Å². The Morgan fingerprint density at radius 1 is 1.37 bits per heavy atom. The van der Waals surface area contributed by atoms with Gasteiger partial charge in [-0.3, -0.25) is 4.79 Å². The van der Waals surface area contributed by atoms with Gasteiger partial charge in [0.15, 0.2) is 0 Å². The molecule has 1 rings (SSSR count). The van der Waals surface area contributed by atoms with Crippen LogP contribution in [0.25, 0.3) is 0 Å². The normalized spacial score (nSPS) is 12.5. The summed E-state index contributed by atoms with van der Waals surface area (Å²) in [5.74, 6) is -1.46. The topological polar surface area (TPSA) is 49.3 Å². The van der Waals surface area contributed by atoms with Crippen LogP contribution < -0.4 is 5.32 Å². The van der Waals surface area contributed by atoms with Crippen molar-refractivity contribution in [2.45, 2.75) is 32.7 Å². The Morgan fingerprint density at radius 3 is 2.58 bits per heavy atom. The second-order valence-corrected chi connectivity index (χ2v) is 4.99. The average Bonchev–Trinajstić information content (AvgIpc) is 2.31. The fraction of sp³-hybridized carbons (Fsp3) is 0.500. The second-order valence-electron chi connectivity index (χ2n) is 4.99. The molecule has 1 aromatic rings. The van der Waals surface area contributed by atoms with Gasteiger partial charge >= 0.3 is 0 Å². The minimum Gasteiger partial charge on any atom is -0.394 e. The van der Waals surface area contributed by atoms with Gasteiger partial charge in [0.2, 0.25) is 5.91 Å². The Balaban J connectivity index is 2.59. The molecule has 0 saturated carbocycles. The molecular formula is C14H19F2NO2. The number of benzene rings is 1. The van der Waals surface area contributed by atoms with E-state index in [9.17, 15) is 13.6 Å². The molecule has 0 aliphatic heterocycles. The first-order valence-electron chi connectivity index (χ1n) is 6.26. The van der Waals surface area contributed by atoms with Gasteiger partial charge in [0.25, 0.3) is 0 Å². The first-order valence-corrected chi connectivity index (χ1v) is 6.26. The maximum absolute atomic E-state index is 13.4. The molecule has 106 valence electrons. The van der Waals surface area contributed by atoms with Gasteiger partial charge in [0, 0.05) is 6.07 Å². The number of amides is 1. The van der Waals surface area contributed by atoms with E-state index >= 15 is 0 Å². The largest absolute Gasteiger partial charge is 0.394 e. The van der Waals surface area contributed by atoms with Gasteiger partial charge in [-0.05, 0) is 24.0 Å². The van der Waals surface area contributed by atoms with E-state index in [2.05, 4.69) is 5.32 Å². The Kier molecular flexibility index (Phi) is 5.89. The van der Waals surface area contributed by atoms with Crippen LogP contribution in [-0.2, 0) is 11.2 Å². The summed E-state index contributed by atoms with van der Waals surface area (Å²) in [6.45, 7) is 3.80. The third-order valence-electron chi connectivity index (χ3n) is 2.71. The summed E-state index contributed by atoms with van der Waals surface area (Å²) in [4.78, 5) is 11.7. The van der Waals surface area contributed by atoms with E-state index in [1.807, 2.05) is 13.8 Å². The van der Waals surface area contributed by atoms with Crippen LogP contribution in [0.1, 0.15) is 25.8 Å². The number of hydrogen-bond donors (Lipinski definition) is 2. The molecule has 0 aromatic heterocycles. The monoisotopic (exact) mass is 271 g/mol. The van der Waals surface area contributed by atoms with Crippen molar-refractivity contribution < 1.29 is 18.7 Å². The van der Waals surface area contributed by atoms with Crippen LogP contribution in [0.4, 0.5) is 8.78 Å². The lowest BCUT2D eigenvalue weighted by Gasteiger charge is -2.18. The van der Waals surface area contributed by atoms with Gasteiger partial charge in [-0.1, -0.05) is 19.9 Å². The standard InChI is InChI=1S/C14H19F2NO2/c1-9(2)5-12(8-18)17-14(19)6-10-3-4-11(15)7-13(10)16/h3-4,7,9,12,18H,5-6,8H2,1-2H3,(H,17,19). The zero-order valence-corrected chi connectivity index (χ0v) is 11.1. The number of rotatable bonds is 6. The fourth-order valence-electron chi connectivity index (χ4n) is 1.86. The van der Waals surface area contributed by atoms with Crippen molar-refractivity contribution in [2.75, 3.05) is 6.61 Å². The quantitative estimate of drug-likeness (QED) is 0.831. The van der Waals surface area contributed by atoms with Gasteiger partial charge in [-0.15, -0.1) is 0 Å². The molecule has 1 atom stereocenters. The number of carbonyl (C=O) groups excluding carboxylic acids is 1. The summed E-state index contributed by atoms with van der Waals surface area (Å²) in [6.07, 6.45) is 0.481. The van der Waals surface area contributed by atoms with E-state index in [-0.39, 0.29) is 30.5 Å². The zero-order chi connectivity index (χ0) is 14.4. The van der Waals surface area contributed by atoms with Crippen molar-refractivity contribution in [1.82, 2.24) is 5.32 Å². The lowest BCUT2D eigenvalue weighted by molar-refractivity contribution is -0.121. The van der Waals surface area contributed by atoms with Crippen molar-refractivity contribution >= 4 is 5.91 Å². The average molecular weight is 271 g/mol. The predicted octanol–water partition coefficient (Wildman–Crippen LogP) is 2.03. The molecule has 19 heavy (non-hydrogen) atoms. The number of halogens is 2. The molecule has 1 amide bonds. The molecule has 0 aliphatic rings. The Bertz CT molecular complexity index is 435. The SMILES string of the molecule is CC(C)CC(CO)NC(=O)Cc1ccc(F)cc1F. The number of carbonyl (C=O) groups is 1. The highest BCUT2D eigenvalue weighted by Crippen LogP contribution is 2.11. The summed E-state index contributed by atoms with van der Waals surface area (Å²) in [7, 11) is 0. The zero-order valence-electron chi connectivity index (χ0n) is 11.1. The Labute approximate surface area is 111 Å². The molecule has 3 nitrogen and oxygen atoms in total. The van der Waals surface area contributed by atoms with Gasteiger partial charge in [0.05, 0.1) is 19.1 Å². The maximum Gasteiger partial charge on any atom is 0.224 e. The number of aliphatic hydroxyl groups excluding tert-OH is 1. The highest BCUT2D eigenvalue weighted by Gasteiger charge is 2.15. The van der Waals surface area contributed by atoms with Crippen LogP contribution >= 0.6 is 0 Å². The molecule has 5 heteroatoms. The predicted molar refractivity (Wildman–Crippen MR) is 68.5 cm³/mol. The third-order valence-corrected chi connectivity index (χ3v) is 2.71. The van der Waals surface area contributed by atoms with Gasteiger partial charge in [-0.25, -0.2) is 8.78 Å². The molecule has 0 spiro atoms. The van der Waals surface area contributed by atoms with Crippen LogP contribution in [0, 0.1) is 17.6 Å². The van der Waals surface area contributed by atoms with E-state index in [0.29, 0.717) is 12.3 Å². The minimum atomic E-state index is -0.737. The first-order chi connectivity index (χ1) is 8.92. The van der Waals surface area contributed by atoms with Gasteiger partial charge < -0.3 is 10.4 Å². The molecule has 0 bridgehead atoms. The van der Waals surface area contributed by atoms with Crippen molar-refractivity contribution in [3.05, 3.63) is 35.4 Å². The number of hydrogen-bond acceptors (Lipinski definition) is 2. The van der Waals surface area contributed by atoms with E-state index in [4.69, 9.17) is 5.11 Å². The number of nitrogens with one attached hydrogen (secondary N) is 1. The van der Waals surface area contributed by atoms with E-state index in [1.165, 1.54) is 6.07 Å². The smallest absolute Gasteiger partial charge is 0.224 e. The molecule has 0 radical (unpaired) electrons. The summed E-state index contributed by atoms with van der Waals surface area (Å²) in [6, 6.07) is 2.78. The second kappa shape index (κ2) is 7.19. The van der Waals surface area contributed by atoms with E-state index in [1.54, 1.807) is 0 Å². The molecule has 2 N–H and O–H groups in total. The lowest BCUT2D eigenvalue weighted by Crippen LogP contribution is -2.39. The maximum atomic E-state index is 13.4. The molecule has 1 unspecified atom stereocenters. The molecule has 0 aliphatic carbocycles.